The summed E-state index contributed by atoms with van der Waals surface area (Å²) in [6.07, 6.45) is 5.42. The number of aromatic nitrogens is 1. The predicted octanol–water partition coefficient (Wildman–Crippen LogP) is 3.83. The molecule has 1 fully saturated rings. The lowest BCUT2D eigenvalue weighted by molar-refractivity contribution is -0.121. The Morgan fingerprint density at radius 1 is 1.25 bits per heavy atom. The number of nitrogens with zero attached hydrogens (tertiary/aromatic N) is 2. The van der Waals surface area contributed by atoms with E-state index in [4.69, 9.17) is 0 Å². The van der Waals surface area contributed by atoms with Crippen LogP contribution in [0.5, 0.6) is 0 Å². The van der Waals surface area contributed by atoms with Crippen molar-refractivity contribution in [3.8, 4) is 0 Å². The molecule has 120 valence electrons. The van der Waals surface area contributed by atoms with E-state index in [1.165, 1.54) is 5.56 Å². The number of ketones is 1. The van der Waals surface area contributed by atoms with Gasteiger partial charge in [0.05, 0.1) is 11.1 Å². The zero-order valence-corrected chi connectivity index (χ0v) is 14.2. The Balaban J connectivity index is 2.05. The number of aliphatic imine (C=N–C) groups is 1. The van der Waals surface area contributed by atoms with Crippen molar-refractivity contribution in [3.05, 3.63) is 89.3 Å². The van der Waals surface area contributed by atoms with Gasteiger partial charge >= 0.3 is 0 Å². The van der Waals surface area contributed by atoms with Gasteiger partial charge < -0.3 is 0 Å². The van der Waals surface area contributed by atoms with Crippen LogP contribution >= 0.6 is 0 Å². The highest BCUT2D eigenvalue weighted by molar-refractivity contribution is 6.21. The second-order valence-electron chi connectivity index (χ2n) is 6.21. The average Bonchev–Trinajstić information content (AvgIpc) is 2.63. The fourth-order valence-corrected chi connectivity index (χ4v) is 3.10. The second-order valence-corrected chi connectivity index (χ2v) is 6.21. The van der Waals surface area contributed by atoms with E-state index in [-0.39, 0.29) is 5.78 Å². The van der Waals surface area contributed by atoms with Crippen LogP contribution in [-0.4, -0.2) is 23.5 Å². The molecule has 0 spiro atoms. The fraction of sp³-hybridized carbons (Fsp3) is 0.190. The molecule has 0 radical (unpaired) electrons. The van der Waals surface area contributed by atoms with E-state index in [9.17, 15) is 4.79 Å². The minimum absolute atomic E-state index is 0.0427. The van der Waals surface area contributed by atoms with Gasteiger partial charge in [-0.25, -0.2) is 0 Å². The fourth-order valence-electron chi connectivity index (χ4n) is 3.10. The monoisotopic (exact) mass is 316 g/mol. The Bertz CT molecular complexity index is 860. The van der Waals surface area contributed by atoms with E-state index in [2.05, 4.69) is 35.6 Å². The van der Waals surface area contributed by atoms with Crippen LogP contribution in [0.15, 0.2) is 77.6 Å². The van der Waals surface area contributed by atoms with Crippen LogP contribution in [0, 0.1) is 6.92 Å². The van der Waals surface area contributed by atoms with E-state index in [0.717, 1.165) is 22.4 Å². The van der Waals surface area contributed by atoms with E-state index >= 15 is 0 Å². The molecule has 0 bridgehead atoms. The summed E-state index contributed by atoms with van der Waals surface area (Å²) in [6.45, 7) is 7.92. The Morgan fingerprint density at radius 3 is 2.54 bits per heavy atom. The lowest BCUT2D eigenvalue weighted by Gasteiger charge is -2.42. The van der Waals surface area contributed by atoms with Crippen molar-refractivity contribution in [3.63, 3.8) is 0 Å². The molecule has 1 aromatic heterocycles. The minimum Gasteiger partial charge on any atom is -0.293 e. The van der Waals surface area contributed by atoms with Crippen LogP contribution in [0.4, 0.5) is 0 Å². The van der Waals surface area contributed by atoms with Crippen LogP contribution in [-0.2, 0) is 10.2 Å². The molecule has 1 heterocycles. The molecule has 1 aromatic carbocycles. The van der Waals surface area contributed by atoms with Crippen molar-refractivity contribution >= 4 is 11.5 Å². The van der Waals surface area contributed by atoms with Gasteiger partial charge in [0.1, 0.15) is 0 Å². The number of carbonyl (C=O) groups is 1. The summed E-state index contributed by atoms with van der Waals surface area (Å²) < 4.78 is 0. The number of benzene rings is 1. The molecule has 1 aliphatic carbocycles. The van der Waals surface area contributed by atoms with Gasteiger partial charge in [-0.1, -0.05) is 42.5 Å². The van der Waals surface area contributed by atoms with Gasteiger partial charge in [0.15, 0.2) is 5.78 Å². The highest BCUT2D eigenvalue weighted by Gasteiger charge is 2.51. The first-order valence-electron chi connectivity index (χ1n) is 7.89. The Labute approximate surface area is 142 Å². The predicted molar refractivity (Wildman–Crippen MR) is 97.5 cm³/mol. The first-order chi connectivity index (χ1) is 11.5. The van der Waals surface area contributed by atoms with Crippen LogP contribution < -0.4 is 0 Å². The summed E-state index contributed by atoms with van der Waals surface area (Å²) in [7, 11) is 1.76. The number of carbonyl (C=O) groups excluding carboxylic acids is 1. The van der Waals surface area contributed by atoms with Gasteiger partial charge in [-0.15, -0.1) is 0 Å². The van der Waals surface area contributed by atoms with E-state index in [0.29, 0.717) is 5.57 Å². The molecule has 0 aliphatic heterocycles. The van der Waals surface area contributed by atoms with Crippen molar-refractivity contribution in [2.75, 3.05) is 7.05 Å². The van der Waals surface area contributed by atoms with Gasteiger partial charge in [0.2, 0.25) is 0 Å². The quantitative estimate of drug-likeness (QED) is 0.638. The highest BCUT2D eigenvalue weighted by atomic mass is 16.1. The van der Waals surface area contributed by atoms with Crippen molar-refractivity contribution in [2.45, 2.75) is 19.3 Å². The average molecular weight is 316 g/mol. The van der Waals surface area contributed by atoms with Gasteiger partial charge in [-0.2, -0.15) is 0 Å². The number of rotatable bonds is 3. The molecule has 3 heteroatoms. The summed E-state index contributed by atoms with van der Waals surface area (Å²) in [5.74, 6) is 0.0427. The van der Waals surface area contributed by atoms with Crippen LogP contribution in [0.2, 0.25) is 0 Å². The Kier molecular flexibility index (Phi) is 4.02. The molecule has 0 amide bonds. The first kappa shape index (κ1) is 16.1. The normalized spacial score (nSPS) is 22.6. The smallest absolute Gasteiger partial charge is 0.177 e. The number of hydrogen-bond donors (Lipinski definition) is 0. The lowest BCUT2D eigenvalue weighted by Crippen LogP contribution is -2.47. The van der Waals surface area contributed by atoms with Crippen molar-refractivity contribution in [2.24, 2.45) is 4.99 Å². The zero-order valence-electron chi connectivity index (χ0n) is 14.2. The maximum Gasteiger partial charge on any atom is 0.177 e. The van der Waals surface area contributed by atoms with Crippen molar-refractivity contribution in [1.82, 2.24) is 4.98 Å². The van der Waals surface area contributed by atoms with Gasteiger partial charge in [-0.3, -0.25) is 14.8 Å². The van der Waals surface area contributed by atoms with Crippen molar-refractivity contribution < 1.29 is 4.79 Å². The topological polar surface area (TPSA) is 42.3 Å². The van der Waals surface area contributed by atoms with Crippen LogP contribution in [0.3, 0.4) is 0 Å². The lowest BCUT2D eigenvalue weighted by atomic mass is 9.58. The third-order valence-electron chi connectivity index (χ3n) is 4.70. The number of Topliss-reactive ketones (excluding diaryl/α,β-unsaturated/α-hetero) is 1. The Hall–Kier alpha value is -2.81. The molecule has 0 N–H and O–H groups in total. The molecule has 24 heavy (non-hydrogen) atoms. The Morgan fingerprint density at radius 2 is 1.96 bits per heavy atom. The molecule has 1 aliphatic rings. The summed E-state index contributed by atoms with van der Waals surface area (Å²) in [4.78, 5) is 21.1. The number of allylic oxidation sites excluding steroid dienone is 3. The van der Waals surface area contributed by atoms with Crippen LogP contribution in [0.25, 0.3) is 0 Å². The minimum atomic E-state index is -0.702. The maximum atomic E-state index is 12.5. The second kappa shape index (κ2) is 6.00. The summed E-state index contributed by atoms with van der Waals surface area (Å²) in [5.41, 5.74) is 4.70. The molecule has 1 unspecified atom stereocenters. The molecule has 3 rings (SSSR count). The summed E-state index contributed by atoms with van der Waals surface area (Å²) in [5, 5.41) is 0. The molecule has 1 saturated carbocycles. The molecule has 3 nitrogen and oxygen atoms in total. The van der Waals surface area contributed by atoms with E-state index in [1.54, 1.807) is 19.4 Å². The number of pyridine rings is 1. The van der Waals surface area contributed by atoms with Gasteiger partial charge in [0.25, 0.3) is 0 Å². The number of aryl methyl sites for hydroxylation is 1. The van der Waals surface area contributed by atoms with E-state index < -0.39 is 5.41 Å². The largest absolute Gasteiger partial charge is 0.293 e. The third-order valence-corrected chi connectivity index (χ3v) is 4.70. The summed E-state index contributed by atoms with van der Waals surface area (Å²) in [6, 6.07) is 12.0. The van der Waals surface area contributed by atoms with Crippen LogP contribution in [0.1, 0.15) is 23.6 Å². The first-order valence-corrected chi connectivity index (χ1v) is 7.89. The van der Waals surface area contributed by atoms with Gasteiger partial charge in [0, 0.05) is 25.0 Å². The molecular weight excluding hydrogens is 296 g/mol. The van der Waals surface area contributed by atoms with Gasteiger partial charge in [-0.05, 0) is 42.7 Å². The molecule has 0 saturated heterocycles. The third kappa shape index (κ3) is 2.42. The zero-order chi connectivity index (χ0) is 17.3. The standard InChI is InChI=1S/C21H20N2O/c1-14-7-9-16(10-8-14)19(22-4)12-18-15(2)20(24)21(18,3)17-6-5-11-23-13-17/h5-13H,2H2,1,3-4H3/b18-12-,22-19+. The number of hydrogen-bond acceptors (Lipinski definition) is 3. The van der Waals surface area contributed by atoms with E-state index in [1.807, 2.05) is 37.3 Å². The molecule has 1 atom stereocenters. The maximum absolute atomic E-state index is 12.5. The molecule has 2 aromatic rings. The van der Waals surface area contributed by atoms with Crippen molar-refractivity contribution in [1.29, 1.82) is 0 Å². The highest BCUT2D eigenvalue weighted by Crippen LogP contribution is 2.47. The molecular formula is C21H20N2O. The SMILES string of the molecule is C=C1C(=O)C(C)(c2cccnc2)/C1=C\C(=N/C)c1ccc(C)cc1. The summed E-state index contributed by atoms with van der Waals surface area (Å²) >= 11 is 0.